The van der Waals surface area contributed by atoms with Gasteiger partial charge in [-0.2, -0.15) is 0 Å². The minimum atomic E-state index is -0.202. The van der Waals surface area contributed by atoms with E-state index in [1.165, 1.54) is 0 Å². The topological polar surface area (TPSA) is 26.3 Å². The van der Waals surface area contributed by atoms with Crippen LogP contribution in [0, 0.1) is 0 Å². The van der Waals surface area contributed by atoms with Crippen molar-refractivity contribution in [1.82, 2.24) is 0 Å². The van der Waals surface area contributed by atoms with Crippen molar-refractivity contribution in [2.45, 2.75) is 24.3 Å². The Balaban J connectivity index is 1.94. The second-order valence-corrected chi connectivity index (χ2v) is 8.72. The molecule has 0 amide bonds. The Bertz CT molecular complexity index is 358. The molecule has 100 valence electrons. The Morgan fingerprint density at radius 2 is 1.56 bits per heavy atom. The molecule has 2 rings (SSSR count). The monoisotopic (exact) mass is 284 g/mol. The highest BCUT2D eigenvalue weighted by molar-refractivity contribution is 8.38. The second kappa shape index (κ2) is 6.90. The first-order valence-electron chi connectivity index (χ1n) is 6.22. The third kappa shape index (κ3) is 3.56. The molecule has 0 bridgehead atoms. The maximum Gasteiger partial charge on any atom is 0.305 e. The smallest absolute Gasteiger partial charge is 0.305 e. The Morgan fingerprint density at radius 1 is 1.06 bits per heavy atom. The third-order valence-electron chi connectivity index (χ3n) is 2.86. The lowest BCUT2D eigenvalue weighted by Crippen LogP contribution is -2.10. The van der Waals surface area contributed by atoms with Crippen molar-refractivity contribution in [3.63, 3.8) is 0 Å². The molecule has 2 heterocycles. The summed E-state index contributed by atoms with van der Waals surface area (Å²) in [7, 11) is -0.404. The van der Waals surface area contributed by atoms with Gasteiger partial charge < -0.3 is 4.74 Å². The van der Waals surface area contributed by atoms with Gasteiger partial charge in [0.1, 0.15) is 0 Å². The lowest BCUT2D eigenvalue weighted by molar-refractivity contribution is -0.143. The van der Waals surface area contributed by atoms with Gasteiger partial charge in [-0.3, -0.25) is 4.79 Å². The van der Waals surface area contributed by atoms with E-state index in [0.29, 0.717) is 17.6 Å². The minimum Gasteiger partial charge on any atom is -0.466 e. The molecule has 0 fully saturated rings. The van der Waals surface area contributed by atoms with Crippen LogP contribution < -0.4 is 0 Å². The molecule has 0 saturated carbocycles. The standard InChI is InChI=1S/C14H20O2S2/c1-2-16-13(15)7-8-14(17-9-3-4-10-17)18-11-5-6-12-18/h3-6,9-12,14,17-18H,2,7-8H2,1H3. The van der Waals surface area contributed by atoms with Gasteiger partial charge in [0, 0.05) is 11.0 Å². The van der Waals surface area contributed by atoms with E-state index >= 15 is 0 Å². The second-order valence-electron chi connectivity index (χ2n) is 4.08. The van der Waals surface area contributed by atoms with E-state index in [0.717, 1.165) is 6.42 Å². The van der Waals surface area contributed by atoms with E-state index in [1.807, 2.05) is 6.92 Å². The summed E-state index contributed by atoms with van der Waals surface area (Å²) in [5.41, 5.74) is 0. The van der Waals surface area contributed by atoms with Crippen molar-refractivity contribution in [3.05, 3.63) is 45.9 Å². The zero-order chi connectivity index (χ0) is 12.8. The molecule has 18 heavy (non-hydrogen) atoms. The Kier molecular flexibility index (Phi) is 5.20. The maximum atomic E-state index is 11.5. The predicted octanol–water partition coefficient (Wildman–Crippen LogP) is 3.74. The molecule has 2 aliphatic rings. The summed E-state index contributed by atoms with van der Waals surface area (Å²) in [6, 6.07) is 0. The summed E-state index contributed by atoms with van der Waals surface area (Å²) in [4.78, 5) is 11.5. The van der Waals surface area contributed by atoms with E-state index in [-0.39, 0.29) is 27.8 Å². The highest BCUT2D eigenvalue weighted by Crippen LogP contribution is 2.55. The molecule has 4 heteroatoms. The van der Waals surface area contributed by atoms with Crippen molar-refractivity contribution in [2.24, 2.45) is 0 Å². The average Bonchev–Trinajstić information content (AvgIpc) is 3.02. The molecule has 0 radical (unpaired) electrons. The summed E-state index contributed by atoms with van der Waals surface area (Å²) in [6.07, 6.45) is 9.98. The molecule has 2 aliphatic heterocycles. The van der Waals surface area contributed by atoms with E-state index in [2.05, 4.69) is 45.9 Å². The van der Waals surface area contributed by atoms with Crippen LogP contribution in [0.1, 0.15) is 19.8 Å². The first-order chi connectivity index (χ1) is 8.81. The van der Waals surface area contributed by atoms with E-state index in [1.54, 1.807) is 0 Å². The van der Waals surface area contributed by atoms with Gasteiger partial charge in [-0.15, -0.1) is 0 Å². The van der Waals surface area contributed by atoms with Crippen LogP contribution >= 0.6 is 21.8 Å². The number of hydrogen-bond acceptors (Lipinski definition) is 2. The van der Waals surface area contributed by atoms with Crippen molar-refractivity contribution < 1.29 is 9.53 Å². The number of esters is 1. The first kappa shape index (κ1) is 13.6. The maximum absolute atomic E-state index is 11.5. The summed E-state index contributed by atoms with van der Waals surface area (Å²) in [6.45, 7) is 2.33. The van der Waals surface area contributed by atoms with Gasteiger partial charge in [0.15, 0.2) is 0 Å². The number of carbonyl (C=O) groups excluding carboxylic acids is 1. The SMILES string of the molecule is CCOC(=O)CCC([SH]1C=CC=C1)[SH]1C=CC=C1. The van der Waals surface area contributed by atoms with Crippen molar-refractivity contribution in [2.75, 3.05) is 6.61 Å². The van der Waals surface area contributed by atoms with Gasteiger partial charge in [0.2, 0.25) is 0 Å². The van der Waals surface area contributed by atoms with Crippen LogP contribution in [0.3, 0.4) is 0 Å². The lowest BCUT2D eigenvalue weighted by atomic mass is 10.3. The van der Waals surface area contributed by atoms with Gasteiger partial charge >= 0.3 is 5.97 Å². The van der Waals surface area contributed by atoms with Crippen molar-refractivity contribution in [3.8, 4) is 0 Å². The van der Waals surface area contributed by atoms with E-state index < -0.39 is 0 Å². The van der Waals surface area contributed by atoms with Gasteiger partial charge in [-0.05, 0) is 35.0 Å². The molecule has 0 unspecified atom stereocenters. The number of thiol groups is 2. The molecule has 2 nitrogen and oxygen atoms in total. The highest BCUT2D eigenvalue weighted by Gasteiger charge is 2.22. The summed E-state index contributed by atoms with van der Waals surface area (Å²) in [5, 5.41) is 9.20. The van der Waals surface area contributed by atoms with Crippen LogP contribution in [0.2, 0.25) is 0 Å². The number of rotatable bonds is 6. The molecular formula is C14H20O2S2. The van der Waals surface area contributed by atoms with Crippen LogP contribution in [-0.4, -0.2) is 17.2 Å². The van der Waals surface area contributed by atoms with Crippen molar-refractivity contribution >= 4 is 27.8 Å². The fraction of sp³-hybridized carbons (Fsp3) is 0.357. The molecular weight excluding hydrogens is 264 g/mol. The number of allylic oxidation sites excluding steroid dienone is 4. The fourth-order valence-corrected chi connectivity index (χ4v) is 7.22. The van der Waals surface area contributed by atoms with Crippen LogP contribution in [-0.2, 0) is 9.53 Å². The molecule has 0 atom stereocenters. The summed E-state index contributed by atoms with van der Waals surface area (Å²) >= 11 is 0. The Hall–Kier alpha value is -0.870. The average molecular weight is 284 g/mol. The predicted molar refractivity (Wildman–Crippen MR) is 84.2 cm³/mol. The lowest BCUT2D eigenvalue weighted by Gasteiger charge is -2.30. The van der Waals surface area contributed by atoms with Gasteiger partial charge in [-0.1, -0.05) is 24.3 Å². The van der Waals surface area contributed by atoms with Crippen LogP contribution in [0.5, 0.6) is 0 Å². The quantitative estimate of drug-likeness (QED) is 0.574. The van der Waals surface area contributed by atoms with Crippen LogP contribution in [0.4, 0.5) is 0 Å². The van der Waals surface area contributed by atoms with Crippen molar-refractivity contribution in [1.29, 1.82) is 0 Å². The molecule has 0 aromatic heterocycles. The molecule has 0 aromatic carbocycles. The molecule has 0 aromatic rings. The number of ether oxygens (including phenoxy) is 1. The highest BCUT2D eigenvalue weighted by atomic mass is 32.3. The van der Waals surface area contributed by atoms with Gasteiger partial charge in [0.25, 0.3) is 0 Å². The van der Waals surface area contributed by atoms with Gasteiger partial charge in [-0.25, -0.2) is 21.8 Å². The number of hydrogen-bond donors (Lipinski definition) is 2. The molecule has 0 N–H and O–H groups in total. The first-order valence-corrected chi connectivity index (χ1v) is 9.31. The third-order valence-corrected chi connectivity index (χ3v) is 8.41. The van der Waals surface area contributed by atoms with Gasteiger partial charge in [0.05, 0.1) is 6.61 Å². The molecule has 0 saturated heterocycles. The Labute approximate surface area is 114 Å². The minimum absolute atomic E-state index is 0.0631. The zero-order valence-corrected chi connectivity index (χ0v) is 12.3. The van der Waals surface area contributed by atoms with Crippen LogP contribution in [0.15, 0.2) is 45.9 Å². The normalized spacial score (nSPS) is 20.3. The zero-order valence-electron chi connectivity index (χ0n) is 10.5. The van der Waals surface area contributed by atoms with Crippen LogP contribution in [0.25, 0.3) is 0 Å². The van der Waals surface area contributed by atoms with E-state index in [4.69, 9.17) is 4.74 Å². The summed E-state index contributed by atoms with van der Waals surface area (Å²) in [5.74, 6) is -0.0631. The number of carbonyl (C=O) groups is 1. The largest absolute Gasteiger partial charge is 0.466 e. The van der Waals surface area contributed by atoms with E-state index in [9.17, 15) is 4.79 Å². The molecule has 0 spiro atoms. The summed E-state index contributed by atoms with van der Waals surface area (Å²) < 4.78 is 5.61. The Morgan fingerprint density at radius 3 is 2.00 bits per heavy atom. The molecule has 0 aliphatic carbocycles. The fourth-order valence-electron chi connectivity index (χ4n) is 2.03.